The number of halogens is 1. The molecule has 1 heterocycles. The van der Waals surface area contributed by atoms with Gasteiger partial charge >= 0.3 is 0 Å². The van der Waals surface area contributed by atoms with Crippen molar-refractivity contribution in [2.45, 2.75) is 26.2 Å². The second kappa shape index (κ2) is 7.55. The summed E-state index contributed by atoms with van der Waals surface area (Å²) in [6.07, 6.45) is 6.19. The van der Waals surface area contributed by atoms with Crippen LogP contribution in [0.5, 0.6) is 0 Å². The van der Waals surface area contributed by atoms with Gasteiger partial charge in [-0.1, -0.05) is 35.4 Å². The molecular weight excluding hydrogens is 304 g/mol. The van der Waals surface area contributed by atoms with Crippen LogP contribution in [0.25, 0.3) is 0 Å². The van der Waals surface area contributed by atoms with Crippen LogP contribution in [-0.4, -0.2) is 37.6 Å². The molecule has 124 valence electrons. The Morgan fingerprint density at radius 1 is 1.17 bits per heavy atom. The SMILES string of the molecule is C=C(C)[C@@H]1CC=C(CN2CCN(c3ccc(Cl)cc3)CC2)CC1. The van der Waals surface area contributed by atoms with Gasteiger partial charge in [0.2, 0.25) is 0 Å². The van der Waals surface area contributed by atoms with Crippen molar-refractivity contribution in [3.63, 3.8) is 0 Å². The molecule has 0 bridgehead atoms. The summed E-state index contributed by atoms with van der Waals surface area (Å²) < 4.78 is 0. The monoisotopic (exact) mass is 330 g/mol. The van der Waals surface area contributed by atoms with Crippen LogP contribution in [0, 0.1) is 5.92 Å². The molecular formula is C20H27ClN2. The summed E-state index contributed by atoms with van der Waals surface area (Å²) in [7, 11) is 0. The van der Waals surface area contributed by atoms with E-state index in [0.717, 1.165) is 37.7 Å². The van der Waals surface area contributed by atoms with Crippen molar-refractivity contribution < 1.29 is 0 Å². The topological polar surface area (TPSA) is 6.48 Å². The summed E-state index contributed by atoms with van der Waals surface area (Å²) >= 11 is 5.97. The average Bonchev–Trinajstić information content (AvgIpc) is 2.57. The van der Waals surface area contributed by atoms with Crippen LogP contribution in [0.2, 0.25) is 5.02 Å². The average molecular weight is 331 g/mol. The lowest BCUT2D eigenvalue weighted by molar-refractivity contribution is 0.273. The van der Waals surface area contributed by atoms with Crippen molar-refractivity contribution >= 4 is 17.3 Å². The molecule has 3 rings (SSSR count). The van der Waals surface area contributed by atoms with Crippen LogP contribution in [0.4, 0.5) is 5.69 Å². The summed E-state index contributed by atoms with van der Waals surface area (Å²) in [6.45, 7) is 11.9. The molecule has 1 aromatic carbocycles. The van der Waals surface area contributed by atoms with E-state index in [0.29, 0.717) is 5.92 Å². The lowest BCUT2D eigenvalue weighted by Crippen LogP contribution is -2.47. The third-order valence-electron chi connectivity index (χ3n) is 5.19. The van der Waals surface area contributed by atoms with Crippen molar-refractivity contribution in [1.82, 2.24) is 4.90 Å². The Balaban J connectivity index is 1.48. The van der Waals surface area contributed by atoms with Gasteiger partial charge in [0.15, 0.2) is 0 Å². The minimum atomic E-state index is 0.709. The van der Waals surface area contributed by atoms with Crippen molar-refractivity contribution in [3.05, 3.63) is 53.1 Å². The first-order valence-electron chi connectivity index (χ1n) is 8.68. The summed E-state index contributed by atoms with van der Waals surface area (Å²) in [5.41, 5.74) is 4.26. The minimum absolute atomic E-state index is 0.709. The molecule has 2 aliphatic rings. The zero-order chi connectivity index (χ0) is 16.2. The highest BCUT2D eigenvalue weighted by Gasteiger charge is 2.20. The van der Waals surface area contributed by atoms with Crippen molar-refractivity contribution in [2.24, 2.45) is 5.92 Å². The number of nitrogens with zero attached hydrogens (tertiary/aromatic N) is 2. The van der Waals surface area contributed by atoms with Gasteiger partial charge in [0.05, 0.1) is 0 Å². The summed E-state index contributed by atoms with van der Waals surface area (Å²) in [5.74, 6) is 0.709. The van der Waals surface area contributed by atoms with E-state index < -0.39 is 0 Å². The molecule has 0 amide bonds. The first kappa shape index (κ1) is 16.6. The van der Waals surface area contributed by atoms with E-state index in [1.165, 1.54) is 30.5 Å². The van der Waals surface area contributed by atoms with Crippen LogP contribution in [-0.2, 0) is 0 Å². The Bertz CT molecular complexity index is 568. The van der Waals surface area contributed by atoms with Gasteiger partial charge in [-0.15, -0.1) is 0 Å². The van der Waals surface area contributed by atoms with E-state index in [9.17, 15) is 0 Å². The third-order valence-corrected chi connectivity index (χ3v) is 5.44. The van der Waals surface area contributed by atoms with Gasteiger partial charge in [0.25, 0.3) is 0 Å². The predicted molar refractivity (Wildman–Crippen MR) is 100 cm³/mol. The molecule has 0 aromatic heterocycles. The Hall–Kier alpha value is -1.25. The molecule has 2 nitrogen and oxygen atoms in total. The number of piperazine rings is 1. The summed E-state index contributed by atoms with van der Waals surface area (Å²) in [5, 5.41) is 0.810. The fourth-order valence-electron chi connectivity index (χ4n) is 3.58. The fraction of sp³-hybridized carbons (Fsp3) is 0.500. The maximum atomic E-state index is 5.97. The zero-order valence-corrected chi connectivity index (χ0v) is 14.9. The molecule has 3 heteroatoms. The Kier molecular flexibility index (Phi) is 5.45. The minimum Gasteiger partial charge on any atom is -0.369 e. The van der Waals surface area contributed by atoms with E-state index >= 15 is 0 Å². The highest BCUT2D eigenvalue weighted by atomic mass is 35.5. The molecule has 0 radical (unpaired) electrons. The number of benzene rings is 1. The maximum absolute atomic E-state index is 5.97. The highest BCUT2D eigenvalue weighted by molar-refractivity contribution is 6.30. The standard InChI is InChI=1S/C20H27ClN2/c1-16(2)18-5-3-17(4-6-18)15-22-11-13-23(14-12-22)20-9-7-19(21)8-10-20/h3,7-10,18H,1,4-6,11-15H2,2H3/t18-/m1/s1. The van der Waals surface area contributed by atoms with Crippen molar-refractivity contribution in [2.75, 3.05) is 37.6 Å². The molecule has 0 unspecified atom stereocenters. The van der Waals surface area contributed by atoms with Crippen LogP contribution in [0.3, 0.4) is 0 Å². The molecule has 1 atom stereocenters. The van der Waals surface area contributed by atoms with Gasteiger partial charge in [-0.3, -0.25) is 4.90 Å². The van der Waals surface area contributed by atoms with Gasteiger partial charge in [-0.25, -0.2) is 0 Å². The van der Waals surface area contributed by atoms with E-state index in [1.807, 2.05) is 12.1 Å². The van der Waals surface area contributed by atoms with Gasteiger partial charge < -0.3 is 4.90 Å². The molecule has 0 N–H and O–H groups in total. The summed E-state index contributed by atoms with van der Waals surface area (Å²) in [6, 6.07) is 8.21. The lowest BCUT2D eigenvalue weighted by Gasteiger charge is -2.37. The molecule has 23 heavy (non-hydrogen) atoms. The zero-order valence-electron chi connectivity index (χ0n) is 14.1. The van der Waals surface area contributed by atoms with Gasteiger partial charge in [-0.2, -0.15) is 0 Å². The fourth-order valence-corrected chi connectivity index (χ4v) is 3.71. The van der Waals surface area contributed by atoms with E-state index in [-0.39, 0.29) is 0 Å². The molecule has 0 spiro atoms. The predicted octanol–water partition coefficient (Wildman–Crippen LogP) is 4.76. The van der Waals surface area contributed by atoms with Crippen molar-refractivity contribution in [1.29, 1.82) is 0 Å². The van der Waals surface area contributed by atoms with Gasteiger partial charge in [0, 0.05) is 43.4 Å². The molecule has 1 aliphatic heterocycles. The third kappa shape index (κ3) is 4.39. The van der Waals surface area contributed by atoms with Crippen molar-refractivity contribution in [3.8, 4) is 0 Å². The Labute approximate surface area is 145 Å². The second-order valence-electron chi connectivity index (χ2n) is 6.92. The first-order chi connectivity index (χ1) is 11.1. The van der Waals surface area contributed by atoms with Crippen LogP contribution < -0.4 is 4.90 Å². The van der Waals surface area contributed by atoms with E-state index in [2.05, 4.69) is 41.5 Å². The molecule has 1 aliphatic carbocycles. The summed E-state index contributed by atoms with van der Waals surface area (Å²) in [4.78, 5) is 5.05. The maximum Gasteiger partial charge on any atom is 0.0407 e. The molecule has 1 fully saturated rings. The number of hydrogen-bond acceptors (Lipinski definition) is 2. The number of anilines is 1. The number of allylic oxidation sites excluding steroid dienone is 2. The number of hydrogen-bond donors (Lipinski definition) is 0. The Morgan fingerprint density at radius 2 is 1.87 bits per heavy atom. The normalized spacial score (nSPS) is 22.8. The quantitative estimate of drug-likeness (QED) is 0.734. The Morgan fingerprint density at radius 3 is 2.43 bits per heavy atom. The molecule has 1 aromatic rings. The first-order valence-corrected chi connectivity index (χ1v) is 9.06. The second-order valence-corrected chi connectivity index (χ2v) is 7.36. The lowest BCUT2D eigenvalue weighted by atomic mass is 9.85. The van der Waals surface area contributed by atoms with Crippen LogP contribution in [0.1, 0.15) is 26.2 Å². The van der Waals surface area contributed by atoms with E-state index in [4.69, 9.17) is 11.6 Å². The molecule has 1 saturated heterocycles. The van der Waals surface area contributed by atoms with Crippen LogP contribution >= 0.6 is 11.6 Å². The largest absolute Gasteiger partial charge is 0.369 e. The van der Waals surface area contributed by atoms with Crippen LogP contribution in [0.15, 0.2) is 48.1 Å². The molecule has 0 saturated carbocycles. The van der Waals surface area contributed by atoms with E-state index in [1.54, 1.807) is 5.57 Å². The highest BCUT2D eigenvalue weighted by Crippen LogP contribution is 2.29. The van der Waals surface area contributed by atoms with Gasteiger partial charge in [-0.05, 0) is 56.4 Å². The number of rotatable bonds is 4. The smallest absolute Gasteiger partial charge is 0.0407 e. The van der Waals surface area contributed by atoms with Gasteiger partial charge in [0.1, 0.15) is 0 Å².